The van der Waals surface area contributed by atoms with Crippen LogP contribution in [0.2, 0.25) is 0 Å². The molecule has 0 spiro atoms. The number of aryl methyl sites for hydroxylation is 2. The van der Waals surface area contributed by atoms with Crippen molar-refractivity contribution < 1.29 is 23.7 Å². The monoisotopic (exact) mass is 483 g/mol. The third kappa shape index (κ3) is 9.39. The van der Waals surface area contributed by atoms with Gasteiger partial charge in [0.2, 0.25) is 0 Å². The van der Waals surface area contributed by atoms with E-state index in [1.54, 1.807) is 7.11 Å². The first-order valence-electron chi connectivity index (χ1n) is 12.6. The maximum absolute atomic E-state index is 6.00. The Labute approximate surface area is 210 Å². The Balaban J connectivity index is 1.47. The Morgan fingerprint density at radius 3 is 2.09 bits per heavy atom. The molecule has 0 unspecified atom stereocenters. The van der Waals surface area contributed by atoms with Crippen LogP contribution < -0.4 is 4.74 Å². The fourth-order valence-electron chi connectivity index (χ4n) is 4.13. The summed E-state index contributed by atoms with van der Waals surface area (Å²) < 4.78 is 27.4. The van der Waals surface area contributed by atoms with Gasteiger partial charge in [-0.05, 0) is 73.3 Å². The number of fused-ring (bicyclic) bond motifs is 2. The van der Waals surface area contributed by atoms with Crippen LogP contribution in [0.3, 0.4) is 0 Å². The normalized spacial score (nSPS) is 14.1. The summed E-state index contributed by atoms with van der Waals surface area (Å²) in [5, 5.41) is 0. The van der Waals surface area contributed by atoms with Crippen LogP contribution in [0.5, 0.6) is 5.75 Å². The van der Waals surface area contributed by atoms with E-state index in [1.165, 1.54) is 27.8 Å². The summed E-state index contributed by atoms with van der Waals surface area (Å²) in [6, 6.07) is 15.3. The minimum atomic E-state index is 0.519. The third-order valence-corrected chi connectivity index (χ3v) is 5.94. The fourth-order valence-corrected chi connectivity index (χ4v) is 4.13. The van der Waals surface area contributed by atoms with Crippen molar-refractivity contribution in [2.75, 3.05) is 80.6 Å². The average Bonchev–Trinajstić information content (AvgIpc) is 3.01. The zero-order valence-electron chi connectivity index (χ0n) is 21.6. The molecule has 1 aliphatic carbocycles. The number of nitrogens with zero attached hydrogens (tertiary/aromatic N) is 1. The zero-order valence-corrected chi connectivity index (χ0v) is 21.6. The van der Waals surface area contributed by atoms with Gasteiger partial charge in [0.25, 0.3) is 0 Å². The van der Waals surface area contributed by atoms with Crippen molar-refractivity contribution in [1.82, 2.24) is 4.90 Å². The highest BCUT2D eigenvalue weighted by molar-refractivity contribution is 5.84. The van der Waals surface area contributed by atoms with Gasteiger partial charge in [-0.1, -0.05) is 36.4 Å². The van der Waals surface area contributed by atoms with Crippen LogP contribution in [-0.2, 0) is 31.8 Å². The molecule has 0 heterocycles. The van der Waals surface area contributed by atoms with Crippen molar-refractivity contribution >= 4 is 5.57 Å². The lowest BCUT2D eigenvalue weighted by atomic mass is 9.93. The van der Waals surface area contributed by atoms with Crippen LogP contribution in [-0.4, -0.2) is 85.5 Å². The highest BCUT2D eigenvalue weighted by Crippen LogP contribution is 2.35. The van der Waals surface area contributed by atoms with Crippen LogP contribution in [0.1, 0.15) is 28.7 Å². The standard InChI is InChI=1S/C29H41NO5/c1-30(2)14-6-9-29-27-8-5-4-7-24(27)10-11-25-23-26(12-13-28(25)29)35-22-21-34-20-19-33-18-17-32-16-15-31-3/h4-5,7-9,12-13,23H,6,10-11,14-22H2,1-3H3/b29-9-. The lowest BCUT2D eigenvalue weighted by Gasteiger charge is -2.15. The first-order chi connectivity index (χ1) is 17.2. The Bertz CT molecular complexity index is 912. The molecule has 0 saturated carbocycles. The highest BCUT2D eigenvalue weighted by Gasteiger charge is 2.18. The van der Waals surface area contributed by atoms with E-state index in [4.69, 9.17) is 23.7 Å². The third-order valence-electron chi connectivity index (χ3n) is 5.94. The quantitative estimate of drug-likeness (QED) is 0.333. The predicted molar refractivity (Wildman–Crippen MR) is 140 cm³/mol. The number of benzene rings is 2. The fraction of sp³-hybridized carbons (Fsp3) is 0.517. The van der Waals surface area contributed by atoms with E-state index in [0.717, 1.165) is 31.6 Å². The van der Waals surface area contributed by atoms with Gasteiger partial charge in [0.15, 0.2) is 0 Å². The molecule has 0 aliphatic heterocycles. The van der Waals surface area contributed by atoms with Crippen LogP contribution >= 0.6 is 0 Å². The minimum Gasteiger partial charge on any atom is -0.491 e. The van der Waals surface area contributed by atoms with Gasteiger partial charge in [0.1, 0.15) is 12.4 Å². The van der Waals surface area contributed by atoms with Crippen LogP contribution in [0, 0.1) is 0 Å². The number of rotatable bonds is 16. The van der Waals surface area contributed by atoms with Gasteiger partial charge in [0.05, 0.1) is 46.2 Å². The van der Waals surface area contributed by atoms with E-state index in [1.807, 2.05) is 0 Å². The Kier molecular flexibility index (Phi) is 12.3. The molecular weight excluding hydrogens is 442 g/mol. The smallest absolute Gasteiger partial charge is 0.119 e. The van der Waals surface area contributed by atoms with Crippen molar-refractivity contribution in [3.05, 3.63) is 70.8 Å². The molecule has 0 amide bonds. The molecule has 0 fully saturated rings. The van der Waals surface area contributed by atoms with E-state index in [0.29, 0.717) is 52.9 Å². The summed E-state index contributed by atoms with van der Waals surface area (Å²) in [6.45, 7) is 5.52. The van der Waals surface area contributed by atoms with Gasteiger partial charge in [0, 0.05) is 13.7 Å². The molecule has 6 heteroatoms. The number of methoxy groups -OCH3 is 1. The predicted octanol–water partition coefficient (Wildman–Crippen LogP) is 4.24. The minimum absolute atomic E-state index is 0.519. The summed E-state index contributed by atoms with van der Waals surface area (Å²) >= 11 is 0. The highest BCUT2D eigenvalue weighted by atomic mass is 16.6. The molecule has 0 atom stereocenters. The lowest BCUT2D eigenvalue weighted by Crippen LogP contribution is -2.13. The topological polar surface area (TPSA) is 49.4 Å². The number of hydrogen-bond acceptors (Lipinski definition) is 6. The van der Waals surface area contributed by atoms with Gasteiger partial charge in [-0.25, -0.2) is 0 Å². The van der Waals surface area contributed by atoms with E-state index >= 15 is 0 Å². The van der Waals surface area contributed by atoms with Crippen molar-refractivity contribution in [3.63, 3.8) is 0 Å². The summed E-state index contributed by atoms with van der Waals surface area (Å²) in [7, 11) is 5.90. The molecule has 0 radical (unpaired) electrons. The van der Waals surface area contributed by atoms with E-state index in [-0.39, 0.29) is 0 Å². The molecule has 2 aromatic rings. The van der Waals surface area contributed by atoms with Gasteiger partial charge in [-0.3, -0.25) is 0 Å². The second-order valence-electron chi connectivity index (χ2n) is 8.86. The molecule has 0 bridgehead atoms. The maximum atomic E-state index is 6.00. The van der Waals surface area contributed by atoms with Gasteiger partial charge < -0.3 is 28.6 Å². The summed E-state index contributed by atoms with van der Waals surface area (Å²) in [6.07, 6.45) is 5.47. The molecule has 0 saturated heterocycles. The van der Waals surface area contributed by atoms with Crippen molar-refractivity contribution in [1.29, 1.82) is 0 Å². The average molecular weight is 484 g/mol. The van der Waals surface area contributed by atoms with Gasteiger partial charge >= 0.3 is 0 Å². The van der Waals surface area contributed by atoms with E-state index < -0.39 is 0 Å². The largest absolute Gasteiger partial charge is 0.491 e. The SMILES string of the molecule is COCCOCCOCCOCCOc1ccc2c(c1)CCc1ccccc1/C2=C/CCN(C)C. The zero-order chi connectivity index (χ0) is 24.7. The summed E-state index contributed by atoms with van der Waals surface area (Å²) in [5.74, 6) is 0.899. The van der Waals surface area contributed by atoms with E-state index in [2.05, 4.69) is 67.5 Å². The Hall–Kier alpha value is -2.22. The Morgan fingerprint density at radius 1 is 0.743 bits per heavy atom. The van der Waals surface area contributed by atoms with E-state index in [9.17, 15) is 0 Å². The van der Waals surface area contributed by atoms with Crippen LogP contribution in [0.25, 0.3) is 5.57 Å². The molecule has 0 N–H and O–H groups in total. The first kappa shape index (κ1) is 27.4. The summed E-state index contributed by atoms with van der Waals surface area (Å²) in [4.78, 5) is 2.23. The van der Waals surface area contributed by atoms with Crippen LogP contribution in [0.15, 0.2) is 48.5 Å². The number of ether oxygens (including phenoxy) is 5. The molecule has 6 nitrogen and oxygen atoms in total. The molecule has 2 aromatic carbocycles. The maximum Gasteiger partial charge on any atom is 0.119 e. The second kappa shape index (κ2) is 15.7. The van der Waals surface area contributed by atoms with Crippen molar-refractivity contribution in [2.45, 2.75) is 19.3 Å². The first-order valence-corrected chi connectivity index (χ1v) is 12.6. The number of hydrogen-bond donors (Lipinski definition) is 0. The lowest BCUT2D eigenvalue weighted by molar-refractivity contribution is 0.000161. The van der Waals surface area contributed by atoms with Gasteiger partial charge in [-0.2, -0.15) is 0 Å². The molecule has 35 heavy (non-hydrogen) atoms. The van der Waals surface area contributed by atoms with Crippen molar-refractivity contribution in [2.24, 2.45) is 0 Å². The van der Waals surface area contributed by atoms with Gasteiger partial charge in [-0.15, -0.1) is 0 Å². The molecular formula is C29H41NO5. The van der Waals surface area contributed by atoms with Crippen molar-refractivity contribution in [3.8, 4) is 5.75 Å². The van der Waals surface area contributed by atoms with Crippen LogP contribution in [0.4, 0.5) is 0 Å². The molecule has 1 aliphatic rings. The Morgan fingerprint density at radius 2 is 1.37 bits per heavy atom. The molecule has 0 aromatic heterocycles. The second-order valence-corrected chi connectivity index (χ2v) is 8.86. The summed E-state index contributed by atoms with van der Waals surface area (Å²) in [5.41, 5.74) is 6.78. The molecule has 192 valence electrons. The molecule has 3 rings (SSSR count).